The summed E-state index contributed by atoms with van der Waals surface area (Å²) in [5, 5.41) is 5.48. The van der Waals surface area contributed by atoms with Crippen molar-refractivity contribution in [2.75, 3.05) is 11.9 Å². The summed E-state index contributed by atoms with van der Waals surface area (Å²) in [6, 6.07) is 5.38. The van der Waals surface area contributed by atoms with E-state index in [2.05, 4.69) is 20.6 Å². The molecule has 156 valence electrons. The Morgan fingerprint density at radius 1 is 1.28 bits per heavy atom. The molecule has 1 heterocycles. The van der Waals surface area contributed by atoms with Gasteiger partial charge < -0.3 is 16.4 Å². The van der Waals surface area contributed by atoms with E-state index in [0.717, 1.165) is 6.07 Å². The third kappa shape index (κ3) is 6.20. The van der Waals surface area contributed by atoms with Crippen LogP contribution in [0.3, 0.4) is 0 Å². The number of hydrogen-bond donors (Lipinski definition) is 3. The summed E-state index contributed by atoms with van der Waals surface area (Å²) in [5.41, 5.74) is 6.20. The smallest absolute Gasteiger partial charge is 0.370 e. The number of pyridine rings is 1. The fraction of sp³-hybridized carbons (Fsp3) is 0.350. The average Bonchev–Trinajstić information content (AvgIpc) is 2.65. The van der Waals surface area contributed by atoms with Gasteiger partial charge in [0.15, 0.2) is 5.96 Å². The zero-order chi connectivity index (χ0) is 21.6. The number of carbonyl (C=O) groups excluding carboxylic acids is 1. The van der Waals surface area contributed by atoms with Crippen molar-refractivity contribution in [3.8, 4) is 0 Å². The number of rotatable bonds is 6. The number of benzene rings is 1. The molecule has 0 aliphatic rings. The number of amides is 1. The summed E-state index contributed by atoms with van der Waals surface area (Å²) >= 11 is 0. The maximum Gasteiger partial charge on any atom is 0.416 e. The molecule has 1 amide bonds. The number of aliphatic imine (C=N–C) groups is 1. The lowest BCUT2D eigenvalue weighted by Gasteiger charge is -2.15. The molecule has 29 heavy (non-hydrogen) atoms. The van der Waals surface area contributed by atoms with Crippen LogP contribution in [0.1, 0.15) is 40.9 Å². The van der Waals surface area contributed by atoms with Crippen molar-refractivity contribution in [1.29, 1.82) is 0 Å². The quantitative estimate of drug-likeness (QED) is 0.503. The zero-order valence-corrected chi connectivity index (χ0v) is 16.5. The van der Waals surface area contributed by atoms with E-state index in [1.54, 1.807) is 6.07 Å². The van der Waals surface area contributed by atoms with Gasteiger partial charge in [-0.1, -0.05) is 26.0 Å². The molecule has 0 aliphatic heterocycles. The molecule has 2 rings (SSSR count). The van der Waals surface area contributed by atoms with Crippen LogP contribution < -0.4 is 16.4 Å². The van der Waals surface area contributed by atoms with Crippen LogP contribution in [-0.4, -0.2) is 23.4 Å². The highest BCUT2D eigenvalue weighted by Gasteiger charge is 2.32. The molecule has 1 aromatic carbocycles. The van der Waals surface area contributed by atoms with Crippen LogP contribution in [0.2, 0.25) is 0 Å². The minimum atomic E-state index is -4.45. The Balaban J connectivity index is 2.14. The molecule has 4 N–H and O–H groups in total. The predicted molar refractivity (Wildman–Crippen MR) is 107 cm³/mol. The second-order valence-corrected chi connectivity index (χ2v) is 6.94. The normalized spacial score (nSPS) is 12.2. The summed E-state index contributed by atoms with van der Waals surface area (Å²) in [4.78, 5) is 20.7. The monoisotopic (exact) mass is 407 g/mol. The Hall–Kier alpha value is -3.10. The molecule has 9 heteroatoms. The molecule has 0 atom stereocenters. The Bertz CT molecular complexity index is 894. The highest BCUT2D eigenvalue weighted by Crippen LogP contribution is 2.32. The first-order valence-corrected chi connectivity index (χ1v) is 9.04. The van der Waals surface area contributed by atoms with Crippen molar-refractivity contribution in [2.45, 2.75) is 33.5 Å². The lowest BCUT2D eigenvalue weighted by atomic mass is 10.0. The SMILES string of the molecule is Cc1c(CNC(=O)c2ccncc2NC(N)=NCC(C)C)cccc1C(F)(F)F. The molecule has 0 spiro atoms. The van der Waals surface area contributed by atoms with Gasteiger partial charge in [0.1, 0.15) is 0 Å². The van der Waals surface area contributed by atoms with E-state index in [0.29, 0.717) is 23.7 Å². The van der Waals surface area contributed by atoms with Gasteiger partial charge in [-0.25, -0.2) is 0 Å². The first-order chi connectivity index (χ1) is 13.6. The van der Waals surface area contributed by atoms with Crippen molar-refractivity contribution in [3.63, 3.8) is 0 Å². The molecule has 0 saturated carbocycles. The lowest BCUT2D eigenvalue weighted by molar-refractivity contribution is -0.138. The average molecular weight is 407 g/mol. The molecular formula is C20H24F3N5O. The van der Waals surface area contributed by atoms with E-state index in [1.165, 1.54) is 31.5 Å². The van der Waals surface area contributed by atoms with Gasteiger partial charge in [-0.3, -0.25) is 14.8 Å². The van der Waals surface area contributed by atoms with E-state index in [4.69, 9.17) is 5.73 Å². The van der Waals surface area contributed by atoms with Crippen LogP contribution in [0, 0.1) is 12.8 Å². The number of anilines is 1. The highest BCUT2D eigenvalue weighted by molar-refractivity contribution is 6.03. The largest absolute Gasteiger partial charge is 0.416 e. The molecule has 1 aromatic heterocycles. The van der Waals surface area contributed by atoms with E-state index < -0.39 is 17.6 Å². The van der Waals surface area contributed by atoms with Crippen molar-refractivity contribution >= 4 is 17.6 Å². The van der Waals surface area contributed by atoms with Gasteiger partial charge in [-0.05, 0) is 36.1 Å². The van der Waals surface area contributed by atoms with E-state index in [9.17, 15) is 18.0 Å². The van der Waals surface area contributed by atoms with Gasteiger partial charge >= 0.3 is 6.18 Å². The van der Waals surface area contributed by atoms with Crippen molar-refractivity contribution in [3.05, 3.63) is 58.9 Å². The van der Waals surface area contributed by atoms with Crippen LogP contribution in [0.4, 0.5) is 18.9 Å². The predicted octanol–water partition coefficient (Wildman–Crippen LogP) is 3.72. The molecule has 0 unspecified atom stereocenters. The van der Waals surface area contributed by atoms with E-state index >= 15 is 0 Å². The number of halogens is 3. The van der Waals surface area contributed by atoms with E-state index in [1.807, 2.05) is 13.8 Å². The molecule has 0 radical (unpaired) electrons. The van der Waals surface area contributed by atoms with Crippen molar-refractivity contribution in [1.82, 2.24) is 10.3 Å². The number of carbonyl (C=O) groups is 1. The minimum Gasteiger partial charge on any atom is -0.370 e. The molecule has 0 bridgehead atoms. The first kappa shape index (κ1) is 22.2. The maximum atomic E-state index is 13.1. The minimum absolute atomic E-state index is 0.0483. The highest BCUT2D eigenvalue weighted by atomic mass is 19.4. The number of nitrogens with one attached hydrogen (secondary N) is 2. The Labute approximate surface area is 167 Å². The van der Waals surface area contributed by atoms with Gasteiger partial charge in [0.2, 0.25) is 0 Å². The third-order valence-electron chi connectivity index (χ3n) is 4.15. The second-order valence-electron chi connectivity index (χ2n) is 6.94. The van der Waals surface area contributed by atoms with Crippen molar-refractivity contribution in [2.24, 2.45) is 16.6 Å². The molecule has 6 nitrogen and oxygen atoms in total. The number of nitrogens with zero attached hydrogens (tertiary/aromatic N) is 2. The van der Waals surface area contributed by atoms with Gasteiger partial charge in [-0.15, -0.1) is 0 Å². The van der Waals surface area contributed by atoms with Crippen LogP contribution >= 0.6 is 0 Å². The van der Waals surface area contributed by atoms with Gasteiger partial charge in [0, 0.05) is 19.3 Å². The molecule has 0 fully saturated rings. The molecular weight excluding hydrogens is 383 g/mol. The number of hydrogen-bond acceptors (Lipinski definition) is 3. The van der Waals surface area contributed by atoms with Crippen LogP contribution in [0.15, 0.2) is 41.7 Å². The topological polar surface area (TPSA) is 92.4 Å². The lowest BCUT2D eigenvalue weighted by Crippen LogP contribution is -2.28. The van der Waals surface area contributed by atoms with Crippen LogP contribution in [0.5, 0.6) is 0 Å². The first-order valence-electron chi connectivity index (χ1n) is 9.04. The fourth-order valence-corrected chi connectivity index (χ4v) is 2.60. The maximum absolute atomic E-state index is 13.1. The van der Waals surface area contributed by atoms with Crippen molar-refractivity contribution < 1.29 is 18.0 Å². The van der Waals surface area contributed by atoms with Gasteiger partial charge in [0.25, 0.3) is 5.91 Å². The Morgan fingerprint density at radius 2 is 2.00 bits per heavy atom. The number of nitrogens with two attached hydrogens (primary N) is 1. The molecule has 2 aromatic rings. The summed E-state index contributed by atoms with van der Waals surface area (Å²) in [6.45, 7) is 5.85. The van der Waals surface area contributed by atoms with E-state index in [-0.39, 0.29) is 23.6 Å². The summed E-state index contributed by atoms with van der Waals surface area (Å²) in [6.07, 6.45) is -1.57. The molecule has 0 saturated heterocycles. The number of guanidine groups is 1. The van der Waals surface area contributed by atoms with Gasteiger partial charge in [0.05, 0.1) is 23.0 Å². The number of aromatic nitrogens is 1. The third-order valence-corrected chi connectivity index (χ3v) is 4.15. The van der Waals surface area contributed by atoms with Crippen LogP contribution in [0.25, 0.3) is 0 Å². The zero-order valence-electron chi connectivity index (χ0n) is 16.5. The number of alkyl halides is 3. The standard InChI is InChI=1S/C20H24F3N5O/c1-12(2)9-27-19(24)28-17-11-25-8-7-15(17)18(29)26-10-14-5-4-6-16(13(14)3)20(21,22)23/h4-8,11-12H,9-10H2,1-3H3,(H,26,29)(H3,24,27,28). The fourth-order valence-electron chi connectivity index (χ4n) is 2.60. The summed E-state index contributed by atoms with van der Waals surface area (Å²) in [7, 11) is 0. The van der Waals surface area contributed by atoms with Gasteiger partial charge in [-0.2, -0.15) is 13.2 Å². The Kier molecular flexibility index (Phi) is 7.19. The summed E-state index contributed by atoms with van der Waals surface area (Å²) < 4.78 is 39.2. The van der Waals surface area contributed by atoms with Crippen LogP contribution in [-0.2, 0) is 12.7 Å². The second kappa shape index (κ2) is 9.40. The molecule has 0 aliphatic carbocycles. The Morgan fingerprint density at radius 3 is 2.66 bits per heavy atom. The summed E-state index contributed by atoms with van der Waals surface area (Å²) in [5.74, 6) is 0.000521.